The van der Waals surface area contributed by atoms with E-state index in [1.165, 1.54) is 10.5 Å². The van der Waals surface area contributed by atoms with Crippen LogP contribution in [0, 0.1) is 6.92 Å². The summed E-state index contributed by atoms with van der Waals surface area (Å²) < 4.78 is 5.28. The van der Waals surface area contributed by atoms with Crippen LogP contribution in [-0.4, -0.2) is 25.4 Å². The number of para-hydroxylation sites is 1. The number of thiophene rings is 1. The lowest BCUT2D eigenvalue weighted by Gasteiger charge is -2.23. The largest absolute Gasteiger partial charge is 0.467 e. The van der Waals surface area contributed by atoms with Crippen molar-refractivity contribution in [3.63, 3.8) is 0 Å². The van der Waals surface area contributed by atoms with Crippen molar-refractivity contribution in [3.05, 3.63) is 112 Å². The second-order valence-electron chi connectivity index (χ2n) is 7.97. The van der Waals surface area contributed by atoms with E-state index in [1.807, 2.05) is 17.5 Å². The van der Waals surface area contributed by atoms with Gasteiger partial charge in [-0.15, -0.1) is 11.3 Å². The zero-order chi connectivity index (χ0) is 23.9. The van der Waals surface area contributed by atoms with Gasteiger partial charge in [0.25, 0.3) is 5.91 Å². The minimum atomic E-state index is -0.268. The van der Waals surface area contributed by atoms with Crippen LogP contribution in [0.3, 0.4) is 0 Å². The molecule has 4 rings (SSSR count). The van der Waals surface area contributed by atoms with E-state index in [0.29, 0.717) is 17.0 Å². The third-order valence-electron chi connectivity index (χ3n) is 5.58. The number of hydrogen-bond acceptors (Lipinski definition) is 5. The molecule has 0 aliphatic rings. The van der Waals surface area contributed by atoms with Crippen molar-refractivity contribution in [3.8, 4) is 0 Å². The number of hydrogen-bond donors (Lipinski definition) is 2. The first kappa shape index (κ1) is 23.5. The minimum Gasteiger partial charge on any atom is -0.467 e. The topological polar surface area (TPSA) is 74.6 Å². The highest BCUT2D eigenvalue weighted by Gasteiger charge is 2.21. The van der Waals surface area contributed by atoms with Crippen molar-refractivity contribution >= 4 is 28.8 Å². The molecule has 1 atom stereocenters. The van der Waals surface area contributed by atoms with Crippen LogP contribution in [0.5, 0.6) is 0 Å². The lowest BCUT2D eigenvalue weighted by atomic mass is 10.0. The Morgan fingerprint density at radius 2 is 1.79 bits per heavy atom. The van der Waals surface area contributed by atoms with Crippen LogP contribution in [0.15, 0.2) is 88.9 Å². The summed E-state index contributed by atoms with van der Waals surface area (Å²) in [5.74, 6) is 0.255. The van der Waals surface area contributed by atoms with E-state index in [9.17, 15) is 9.59 Å². The SMILES string of the molecule is Cc1ccc([C@@H](NCC(=O)N(C)c2ccccc2C(=O)NCc2ccco2)c2cccs2)cc1. The smallest absolute Gasteiger partial charge is 0.253 e. The number of anilines is 1. The summed E-state index contributed by atoms with van der Waals surface area (Å²) in [5, 5.41) is 8.28. The molecular weight excluding hydrogens is 446 g/mol. The Kier molecular flexibility index (Phi) is 7.57. The molecule has 0 aliphatic carbocycles. The van der Waals surface area contributed by atoms with Crippen LogP contribution in [-0.2, 0) is 11.3 Å². The Balaban J connectivity index is 1.46. The fraction of sp³-hybridized carbons (Fsp3) is 0.185. The molecule has 0 unspecified atom stereocenters. The molecule has 7 heteroatoms. The highest BCUT2D eigenvalue weighted by Crippen LogP contribution is 2.26. The van der Waals surface area contributed by atoms with Gasteiger partial charge in [0.2, 0.25) is 5.91 Å². The number of benzene rings is 2. The molecule has 2 aromatic heterocycles. The van der Waals surface area contributed by atoms with Gasteiger partial charge in [0.15, 0.2) is 0 Å². The molecular formula is C27H27N3O3S. The summed E-state index contributed by atoms with van der Waals surface area (Å²) in [6, 6.07) is 22.9. The Labute approximate surface area is 203 Å². The maximum absolute atomic E-state index is 13.1. The summed E-state index contributed by atoms with van der Waals surface area (Å²) in [6.45, 7) is 2.45. The van der Waals surface area contributed by atoms with Gasteiger partial charge in [0.05, 0.1) is 36.6 Å². The molecule has 0 fully saturated rings. The van der Waals surface area contributed by atoms with E-state index < -0.39 is 0 Å². The normalized spacial score (nSPS) is 11.7. The van der Waals surface area contributed by atoms with E-state index in [1.54, 1.807) is 55.0 Å². The molecule has 34 heavy (non-hydrogen) atoms. The summed E-state index contributed by atoms with van der Waals surface area (Å²) in [5.41, 5.74) is 3.26. The molecule has 0 bridgehead atoms. The lowest BCUT2D eigenvalue weighted by Crippen LogP contribution is -2.38. The van der Waals surface area contributed by atoms with E-state index in [0.717, 1.165) is 10.4 Å². The Bertz CT molecular complexity index is 1220. The quantitative estimate of drug-likeness (QED) is 0.362. The fourth-order valence-corrected chi connectivity index (χ4v) is 4.50. The Morgan fingerprint density at radius 3 is 2.50 bits per heavy atom. The average molecular weight is 474 g/mol. The molecule has 0 spiro atoms. The van der Waals surface area contributed by atoms with Gasteiger partial charge in [-0.1, -0.05) is 48.0 Å². The lowest BCUT2D eigenvalue weighted by molar-refractivity contribution is -0.117. The molecule has 0 aliphatic heterocycles. The van der Waals surface area contributed by atoms with Gasteiger partial charge in [-0.05, 0) is 48.2 Å². The van der Waals surface area contributed by atoms with Crippen LogP contribution in [0.1, 0.15) is 38.2 Å². The second kappa shape index (κ2) is 11.0. The molecule has 2 amide bonds. The number of likely N-dealkylation sites (N-methyl/N-ethyl adjacent to an activating group) is 1. The maximum Gasteiger partial charge on any atom is 0.253 e. The second-order valence-corrected chi connectivity index (χ2v) is 8.95. The summed E-state index contributed by atoms with van der Waals surface area (Å²) >= 11 is 1.65. The zero-order valence-corrected chi connectivity index (χ0v) is 20.0. The van der Waals surface area contributed by atoms with Crippen molar-refractivity contribution in [2.24, 2.45) is 0 Å². The molecule has 0 radical (unpaired) electrons. The predicted molar refractivity (Wildman–Crippen MR) is 135 cm³/mol. The van der Waals surface area contributed by atoms with E-state index in [4.69, 9.17) is 4.42 Å². The van der Waals surface area contributed by atoms with Crippen molar-refractivity contribution in [1.29, 1.82) is 0 Å². The molecule has 6 nitrogen and oxygen atoms in total. The first-order valence-corrected chi connectivity index (χ1v) is 11.9. The van der Waals surface area contributed by atoms with E-state index in [-0.39, 0.29) is 30.9 Å². The molecule has 2 aromatic carbocycles. The summed E-state index contributed by atoms with van der Waals surface area (Å²) in [4.78, 5) is 28.6. The van der Waals surface area contributed by atoms with Crippen molar-refractivity contribution < 1.29 is 14.0 Å². The van der Waals surface area contributed by atoms with Crippen LogP contribution >= 0.6 is 11.3 Å². The van der Waals surface area contributed by atoms with Crippen molar-refractivity contribution in [1.82, 2.24) is 10.6 Å². The molecule has 174 valence electrons. The molecule has 0 saturated heterocycles. The standard InChI is InChI=1S/C27H27N3O3S/c1-19-11-13-20(14-12-19)26(24-10-6-16-34-24)28-18-25(31)30(2)23-9-4-3-8-22(23)27(32)29-17-21-7-5-15-33-21/h3-16,26,28H,17-18H2,1-2H3,(H,29,32)/t26-/m1/s1. The van der Waals surface area contributed by atoms with E-state index >= 15 is 0 Å². The van der Waals surface area contributed by atoms with Crippen molar-refractivity contribution in [2.75, 3.05) is 18.5 Å². The van der Waals surface area contributed by atoms with Crippen LogP contribution < -0.4 is 15.5 Å². The van der Waals surface area contributed by atoms with Gasteiger partial charge < -0.3 is 14.6 Å². The summed E-state index contributed by atoms with van der Waals surface area (Å²) in [6.07, 6.45) is 1.56. The number of nitrogens with zero attached hydrogens (tertiary/aromatic N) is 1. The first-order valence-electron chi connectivity index (χ1n) is 11.0. The number of carbonyl (C=O) groups is 2. The number of carbonyl (C=O) groups excluding carboxylic acids is 2. The van der Waals surface area contributed by atoms with Gasteiger partial charge in [0.1, 0.15) is 5.76 Å². The van der Waals surface area contributed by atoms with E-state index in [2.05, 4.69) is 47.9 Å². The van der Waals surface area contributed by atoms with Gasteiger partial charge in [-0.3, -0.25) is 14.9 Å². The molecule has 2 N–H and O–H groups in total. The number of nitrogens with one attached hydrogen (secondary N) is 2. The zero-order valence-electron chi connectivity index (χ0n) is 19.2. The summed E-state index contributed by atoms with van der Waals surface area (Å²) in [7, 11) is 1.69. The third kappa shape index (κ3) is 5.62. The number of rotatable bonds is 9. The number of amides is 2. The predicted octanol–water partition coefficient (Wildman–Crippen LogP) is 4.92. The molecule has 2 heterocycles. The van der Waals surface area contributed by atoms with Crippen molar-refractivity contribution in [2.45, 2.75) is 19.5 Å². The number of furan rings is 1. The average Bonchev–Trinajstić information content (AvgIpc) is 3.58. The van der Waals surface area contributed by atoms with Crippen LogP contribution in [0.25, 0.3) is 0 Å². The monoisotopic (exact) mass is 473 g/mol. The highest BCUT2D eigenvalue weighted by atomic mass is 32.1. The third-order valence-corrected chi connectivity index (χ3v) is 6.52. The van der Waals surface area contributed by atoms with Gasteiger partial charge in [0, 0.05) is 11.9 Å². The molecule has 0 saturated carbocycles. The van der Waals surface area contributed by atoms with Gasteiger partial charge in [-0.2, -0.15) is 0 Å². The van der Waals surface area contributed by atoms with Gasteiger partial charge >= 0.3 is 0 Å². The maximum atomic E-state index is 13.1. The first-order chi connectivity index (χ1) is 16.5. The Hall–Kier alpha value is -3.68. The highest BCUT2D eigenvalue weighted by molar-refractivity contribution is 7.10. The fourth-order valence-electron chi connectivity index (χ4n) is 3.67. The van der Waals surface area contributed by atoms with Crippen LogP contribution in [0.2, 0.25) is 0 Å². The van der Waals surface area contributed by atoms with Gasteiger partial charge in [-0.25, -0.2) is 0 Å². The molecule has 4 aromatic rings. The Morgan fingerprint density at radius 1 is 1.00 bits per heavy atom. The minimum absolute atomic E-state index is 0.0928. The van der Waals surface area contributed by atoms with Crippen LogP contribution in [0.4, 0.5) is 5.69 Å². The number of aryl methyl sites for hydroxylation is 1.